The molecule has 12 heavy (non-hydrogen) atoms. The Hall–Kier alpha value is 0.110. The third-order valence-electron chi connectivity index (χ3n) is 1.92. The minimum Gasteiger partial charge on any atom is -0.282 e. The first kappa shape index (κ1) is 10.2. The highest BCUT2D eigenvalue weighted by molar-refractivity contribution is 8.26. The number of hydrogen-bond donors (Lipinski definition) is 0. The van der Waals surface area contributed by atoms with E-state index >= 15 is 0 Å². The SMILES string of the molecule is C=CC(=O)SC1(C)CCCCS1. The molecule has 3 heteroatoms. The average molecular weight is 202 g/mol. The normalized spacial score (nSPS) is 29.8. The fourth-order valence-electron chi connectivity index (χ4n) is 1.24. The summed E-state index contributed by atoms with van der Waals surface area (Å²) in [4.78, 5) is 11.1. The Labute approximate surface area is 82.4 Å². The highest BCUT2D eigenvalue weighted by Gasteiger charge is 2.29. The molecular weight excluding hydrogens is 188 g/mol. The molecule has 1 rings (SSSR count). The van der Waals surface area contributed by atoms with Crippen LogP contribution in [0.1, 0.15) is 26.2 Å². The van der Waals surface area contributed by atoms with Crippen LogP contribution in [-0.4, -0.2) is 14.9 Å². The van der Waals surface area contributed by atoms with Crippen LogP contribution in [0.4, 0.5) is 0 Å². The molecule has 0 radical (unpaired) electrons. The molecule has 1 atom stereocenters. The second-order valence-electron chi connectivity index (χ2n) is 3.06. The van der Waals surface area contributed by atoms with E-state index in [1.807, 2.05) is 11.8 Å². The molecule has 0 aliphatic carbocycles. The molecule has 1 aliphatic rings. The monoisotopic (exact) mass is 202 g/mol. The Morgan fingerprint density at radius 1 is 1.67 bits per heavy atom. The van der Waals surface area contributed by atoms with Crippen LogP contribution < -0.4 is 0 Å². The van der Waals surface area contributed by atoms with E-state index in [1.54, 1.807) is 0 Å². The molecule has 1 nitrogen and oxygen atoms in total. The summed E-state index contributed by atoms with van der Waals surface area (Å²) in [5, 5.41) is 0.104. The fourth-order valence-corrected chi connectivity index (χ4v) is 3.80. The van der Waals surface area contributed by atoms with Gasteiger partial charge in [0.05, 0.1) is 4.08 Å². The third kappa shape index (κ3) is 2.87. The molecule has 1 aliphatic heterocycles. The van der Waals surface area contributed by atoms with Crippen molar-refractivity contribution in [2.45, 2.75) is 30.3 Å². The van der Waals surface area contributed by atoms with Gasteiger partial charge in [-0.05, 0) is 31.6 Å². The molecule has 0 aromatic heterocycles. The van der Waals surface area contributed by atoms with Gasteiger partial charge in [0.2, 0.25) is 5.12 Å². The molecular formula is C9H14OS2. The van der Waals surface area contributed by atoms with E-state index in [-0.39, 0.29) is 9.19 Å². The van der Waals surface area contributed by atoms with Gasteiger partial charge >= 0.3 is 0 Å². The first-order valence-corrected chi connectivity index (χ1v) is 5.96. The summed E-state index contributed by atoms with van der Waals surface area (Å²) in [5.41, 5.74) is 0. The second-order valence-corrected chi connectivity index (χ2v) is 6.43. The topological polar surface area (TPSA) is 17.1 Å². The first-order chi connectivity index (χ1) is 5.66. The van der Waals surface area contributed by atoms with Crippen molar-refractivity contribution in [3.8, 4) is 0 Å². The van der Waals surface area contributed by atoms with Crippen molar-refractivity contribution in [2.75, 3.05) is 5.75 Å². The van der Waals surface area contributed by atoms with Gasteiger partial charge in [-0.3, -0.25) is 4.79 Å². The van der Waals surface area contributed by atoms with Crippen LogP contribution in [0.15, 0.2) is 12.7 Å². The molecule has 68 valence electrons. The molecule has 0 aromatic carbocycles. The molecule has 0 amide bonds. The van der Waals surface area contributed by atoms with Crippen molar-refractivity contribution >= 4 is 28.6 Å². The van der Waals surface area contributed by atoms with Crippen LogP contribution in [0.3, 0.4) is 0 Å². The summed E-state index contributed by atoms with van der Waals surface area (Å²) < 4.78 is 0.115. The molecule has 1 unspecified atom stereocenters. The summed E-state index contributed by atoms with van der Waals surface area (Å²) >= 11 is 3.33. The Morgan fingerprint density at radius 3 is 2.92 bits per heavy atom. The quantitative estimate of drug-likeness (QED) is 0.641. The van der Waals surface area contributed by atoms with Crippen LogP contribution >= 0.6 is 23.5 Å². The van der Waals surface area contributed by atoms with Gasteiger partial charge in [0.25, 0.3) is 0 Å². The Balaban J connectivity index is 2.46. The van der Waals surface area contributed by atoms with Gasteiger partial charge in [-0.2, -0.15) is 0 Å². The highest BCUT2D eigenvalue weighted by Crippen LogP contribution is 2.45. The van der Waals surface area contributed by atoms with Gasteiger partial charge in [-0.25, -0.2) is 0 Å². The number of thioether (sulfide) groups is 2. The minimum absolute atomic E-state index is 0.104. The molecule has 0 saturated carbocycles. The zero-order valence-electron chi connectivity index (χ0n) is 7.34. The van der Waals surface area contributed by atoms with Crippen molar-refractivity contribution < 1.29 is 4.79 Å². The van der Waals surface area contributed by atoms with E-state index in [1.165, 1.54) is 36.4 Å². The Morgan fingerprint density at radius 2 is 2.42 bits per heavy atom. The summed E-state index contributed by atoms with van der Waals surface area (Å²) in [7, 11) is 0. The van der Waals surface area contributed by atoms with E-state index in [9.17, 15) is 4.79 Å². The molecule has 1 heterocycles. The molecule has 0 bridgehead atoms. The largest absolute Gasteiger partial charge is 0.282 e. The van der Waals surface area contributed by atoms with Gasteiger partial charge in [-0.1, -0.05) is 24.8 Å². The van der Waals surface area contributed by atoms with Crippen molar-refractivity contribution in [3.05, 3.63) is 12.7 Å². The fraction of sp³-hybridized carbons (Fsp3) is 0.667. The van der Waals surface area contributed by atoms with Gasteiger partial charge in [0.1, 0.15) is 0 Å². The predicted molar refractivity (Wildman–Crippen MR) is 57.5 cm³/mol. The standard InChI is InChI=1S/C9H14OS2/c1-3-8(10)12-9(2)6-4-5-7-11-9/h3H,1,4-7H2,2H3. The summed E-state index contributed by atoms with van der Waals surface area (Å²) in [6, 6.07) is 0. The van der Waals surface area contributed by atoms with Crippen molar-refractivity contribution in [1.29, 1.82) is 0 Å². The van der Waals surface area contributed by atoms with Gasteiger partial charge in [0, 0.05) is 0 Å². The average Bonchev–Trinajstić information content (AvgIpc) is 2.05. The van der Waals surface area contributed by atoms with Crippen LogP contribution in [0, 0.1) is 0 Å². The van der Waals surface area contributed by atoms with E-state index in [0.717, 1.165) is 6.42 Å². The van der Waals surface area contributed by atoms with E-state index < -0.39 is 0 Å². The van der Waals surface area contributed by atoms with Crippen LogP contribution in [-0.2, 0) is 4.79 Å². The Bertz CT molecular complexity index is 183. The van der Waals surface area contributed by atoms with Crippen LogP contribution in [0.2, 0.25) is 0 Å². The maximum absolute atomic E-state index is 11.1. The lowest BCUT2D eigenvalue weighted by Crippen LogP contribution is -2.21. The summed E-state index contributed by atoms with van der Waals surface area (Å²) in [6.07, 6.45) is 5.09. The first-order valence-electron chi connectivity index (χ1n) is 4.16. The molecule has 1 saturated heterocycles. The molecule has 1 fully saturated rings. The lowest BCUT2D eigenvalue weighted by Gasteiger charge is -2.30. The van der Waals surface area contributed by atoms with E-state index in [4.69, 9.17) is 0 Å². The summed E-state index contributed by atoms with van der Waals surface area (Å²) in [5.74, 6) is 1.19. The van der Waals surface area contributed by atoms with E-state index in [0.29, 0.717) is 0 Å². The number of hydrogen-bond acceptors (Lipinski definition) is 3. The van der Waals surface area contributed by atoms with Crippen molar-refractivity contribution in [1.82, 2.24) is 0 Å². The zero-order valence-corrected chi connectivity index (χ0v) is 8.97. The van der Waals surface area contributed by atoms with Gasteiger partial charge in [0.15, 0.2) is 0 Å². The van der Waals surface area contributed by atoms with Gasteiger partial charge < -0.3 is 0 Å². The van der Waals surface area contributed by atoms with E-state index in [2.05, 4.69) is 13.5 Å². The molecule has 0 N–H and O–H groups in total. The van der Waals surface area contributed by atoms with Crippen molar-refractivity contribution in [2.24, 2.45) is 0 Å². The molecule has 0 aromatic rings. The third-order valence-corrected chi connectivity index (χ3v) is 4.83. The number of carbonyl (C=O) groups excluding carboxylic acids is 1. The lowest BCUT2D eigenvalue weighted by atomic mass is 10.2. The van der Waals surface area contributed by atoms with Gasteiger partial charge in [-0.15, -0.1) is 11.8 Å². The maximum Gasteiger partial charge on any atom is 0.212 e. The smallest absolute Gasteiger partial charge is 0.212 e. The second kappa shape index (κ2) is 4.38. The lowest BCUT2D eigenvalue weighted by molar-refractivity contribution is -0.107. The minimum atomic E-state index is 0.104. The molecule has 0 spiro atoms. The van der Waals surface area contributed by atoms with Crippen LogP contribution in [0.5, 0.6) is 0 Å². The number of rotatable bonds is 2. The van der Waals surface area contributed by atoms with Crippen LogP contribution in [0.25, 0.3) is 0 Å². The number of carbonyl (C=O) groups is 1. The zero-order chi connectivity index (χ0) is 9.03. The Kier molecular flexibility index (Phi) is 3.72. The maximum atomic E-state index is 11.1. The van der Waals surface area contributed by atoms with Crippen molar-refractivity contribution in [3.63, 3.8) is 0 Å². The summed E-state index contributed by atoms with van der Waals surface area (Å²) in [6.45, 7) is 5.63. The highest BCUT2D eigenvalue weighted by atomic mass is 32.2. The predicted octanol–water partition coefficient (Wildman–Crippen LogP) is 3.07.